The summed E-state index contributed by atoms with van der Waals surface area (Å²) in [7, 11) is -1.77. The highest BCUT2D eigenvalue weighted by Gasteiger charge is 2.31. The molecule has 7 heteroatoms. The molecule has 2 heterocycles. The molecular weight excluding hydrogens is 306 g/mol. The van der Waals surface area contributed by atoms with Gasteiger partial charge in [0.15, 0.2) is 0 Å². The lowest BCUT2D eigenvalue weighted by Crippen LogP contribution is -2.40. The molecule has 1 aliphatic rings. The normalized spacial score (nSPS) is 18.1. The number of hydrogen-bond donors (Lipinski definition) is 0. The number of nitrogens with zero attached hydrogens (tertiary/aromatic N) is 1. The minimum atomic E-state index is -3.43. The first-order valence-electron chi connectivity index (χ1n) is 6.18. The van der Waals surface area contributed by atoms with Crippen molar-refractivity contribution in [3.8, 4) is 0 Å². The fraction of sp³-hybridized carbons (Fsp3) is 0.667. The fourth-order valence-electron chi connectivity index (χ4n) is 2.25. The third kappa shape index (κ3) is 3.13. The summed E-state index contributed by atoms with van der Waals surface area (Å²) < 4.78 is 32.0. The Kier molecular flexibility index (Phi) is 4.89. The van der Waals surface area contributed by atoms with Gasteiger partial charge in [0.1, 0.15) is 0 Å². The van der Waals surface area contributed by atoms with Crippen LogP contribution in [0.2, 0.25) is 0 Å². The van der Waals surface area contributed by atoms with Gasteiger partial charge >= 0.3 is 0 Å². The number of hydrogen-bond acceptors (Lipinski definition) is 4. The number of aryl methyl sites for hydroxylation is 1. The lowest BCUT2D eigenvalue weighted by molar-refractivity contribution is 0.0632. The van der Waals surface area contributed by atoms with E-state index in [1.165, 1.54) is 15.6 Å². The molecule has 4 nitrogen and oxygen atoms in total. The van der Waals surface area contributed by atoms with Crippen LogP contribution in [0.4, 0.5) is 0 Å². The fourth-order valence-corrected chi connectivity index (χ4v) is 5.35. The molecule has 0 N–H and O–H groups in total. The summed E-state index contributed by atoms with van der Waals surface area (Å²) in [6.07, 6.45) is 1.50. The van der Waals surface area contributed by atoms with Crippen LogP contribution in [0.5, 0.6) is 0 Å². The summed E-state index contributed by atoms with van der Waals surface area (Å²) in [5, 5.41) is 0. The molecule has 0 atom stereocenters. The standard InChI is InChI=1S/C12H18ClNO3S2/c1-9-12(7-11(8-13)18-9)19(15,16)14(2)10-3-5-17-6-4-10/h7,10H,3-6,8H2,1-2H3. The second-order valence-electron chi connectivity index (χ2n) is 4.63. The minimum Gasteiger partial charge on any atom is -0.381 e. The summed E-state index contributed by atoms with van der Waals surface area (Å²) in [4.78, 5) is 2.08. The van der Waals surface area contributed by atoms with Crippen LogP contribution in [0.25, 0.3) is 0 Å². The van der Waals surface area contributed by atoms with Crippen LogP contribution in [0.3, 0.4) is 0 Å². The van der Waals surface area contributed by atoms with E-state index < -0.39 is 10.0 Å². The average molecular weight is 324 g/mol. The van der Waals surface area contributed by atoms with Crippen LogP contribution < -0.4 is 0 Å². The van der Waals surface area contributed by atoms with Crippen LogP contribution in [-0.4, -0.2) is 39.0 Å². The van der Waals surface area contributed by atoms with Gasteiger partial charge in [-0.1, -0.05) is 0 Å². The molecule has 1 aromatic rings. The molecule has 0 aromatic carbocycles. The summed E-state index contributed by atoms with van der Waals surface area (Å²) in [5.41, 5.74) is 0. The molecule has 0 amide bonds. The molecule has 108 valence electrons. The van der Waals surface area contributed by atoms with Gasteiger partial charge in [-0.15, -0.1) is 22.9 Å². The largest absolute Gasteiger partial charge is 0.381 e. The van der Waals surface area contributed by atoms with Crippen molar-refractivity contribution in [3.63, 3.8) is 0 Å². The number of ether oxygens (including phenoxy) is 1. The maximum atomic E-state index is 12.6. The predicted octanol–water partition coefficient (Wildman–Crippen LogP) is 2.59. The van der Waals surface area contributed by atoms with E-state index in [2.05, 4.69) is 0 Å². The third-order valence-electron chi connectivity index (χ3n) is 3.42. The van der Waals surface area contributed by atoms with Crippen molar-refractivity contribution in [1.29, 1.82) is 0 Å². The van der Waals surface area contributed by atoms with E-state index in [1.807, 2.05) is 6.92 Å². The lowest BCUT2D eigenvalue weighted by atomic mass is 10.1. The first-order chi connectivity index (χ1) is 8.96. The smallest absolute Gasteiger partial charge is 0.244 e. The van der Waals surface area contributed by atoms with Crippen molar-refractivity contribution >= 4 is 33.0 Å². The molecule has 1 aliphatic heterocycles. The molecule has 0 aliphatic carbocycles. The molecule has 1 aromatic heterocycles. The van der Waals surface area contributed by atoms with Crippen molar-refractivity contribution in [3.05, 3.63) is 15.8 Å². The second-order valence-corrected chi connectivity index (χ2v) is 8.21. The van der Waals surface area contributed by atoms with Gasteiger partial charge in [0.25, 0.3) is 0 Å². The molecule has 0 bridgehead atoms. The van der Waals surface area contributed by atoms with Crippen molar-refractivity contribution in [2.75, 3.05) is 20.3 Å². The van der Waals surface area contributed by atoms with E-state index in [4.69, 9.17) is 16.3 Å². The first-order valence-corrected chi connectivity index (χ1v) is 8.97. The summed E-state index contributed by atoms with van der Waals surface area (Å²) in [5.74, 6) is 0.349. The zero-order valence-electron chi connectivity index (χ0n) is 11.1. The van der Waals surface area contributed by atoms with E-state index in [0.29, 0.717) is 24.0 Å². The molecular formula is C12H18ClNO3S2. The van der Waals surface area contributed by atoms with Gasteiger partial charge in [0.05, 0.1) is 10.8 Å². The lowest BCUT2D eigenvalue weighted by Gasteiger charge is -2.30. The predicted molar refractivity (Wildman–Crippen MR) is 77.4 cm³/mol. The summed E-state index contributed by atoms with van der Waals surface area (Å²) in [6.45, 7) is 3.07. The topological polar surface area (TPSA) is 46.6 Å². The third-order valence-corrected chi connectivity index (χ3v) is 7.08. The number of sulfonamides is 1. The van der Waals surface area contributed by atoms with Gasteiger partial charge in [-0.3, -0.25) is 0 Å². The zero-order valence-corrected chi connectivity index (χ0v) is 13.4. The Bertz CT molecular complexity index is 535. The van der Waals surface area contributed by atoms with Crippen LogP contribution in [0, 0.1) is 6.92 Å². The Labute approximate surface area is 123 Å². The number of rotatable bonds is 4. The SMILES string of the molecule is Cc1sc(CCl)cc1S(=O)(=O)N(C)C1CCOCC1. The summed E-state index contributed by atoms with van der Waals surface area (Å²) >= 11 is 7.22. The van der Waals surface area contributed by atoms with Gasteiger partial charge in [0, 0.05) is 36.1 Å². The zero-order chi connectivity index (χ0) is 14.0. The number of halogens is 1. The van der Waals surface area contributed by atoms with Crippen molar-refractivity contribution in [2.45, 2.75) is 36.6 Å². The average Bonchev–Trinajstić information content (AvgIpc) is 2.81. The highest BCUT2D eigenvalue weighted by Crippen LogP contribution is 2.30. The Morgan fingerprint density at radius 2 is 2.11 bits per heavy atom. The molecule has 1 saturated heterocycles. The van der Waals surface area contributed by atoms with Crippen LogP contribution in [-0.2, 0) is 20.6 Å². The molecule has 0 radical (unpaired) electrons. The highest BCUT2D eigenvalue weighted by molar-refractivity contribution is 7.89. The van der Waals surface area contributed by atoms with E-state index in [0.717, 1.165) is 22.6 Å². The molecule has 2 rings (SSSR count). The van der Waals surface area contributed by atoms with Crippen LogP contribution in [0.15, 0.2) is 11.0 Å². The molecule has 19 heavy (non-hydrogen) atoms. The quantitative estimate of drug-likeness (QED) is 0.800. The Morgan fingerprint density at radius 3 is 2.63 bits per heavy atom. The van der Waals surface area contributed by atoms with E-state index in [9.17, 15) is 8.42 Å². The minimum absolute atomic E-state index is 0.0255. The van der Waals surface area contributed by atoms with Crippen molar-refractivity contribution in [2.24, 2.45) is 0 Å². The first kappa shape index (κ1) is 15.3. The van der Waals surface area contributed by atoms with Gasteiger partial charge < -0.3 is 4.74 Å². The number of alkyl halides is 1. The summed E-state index contributed by atoms with van der Waals surface area (Å²) in [6, 6.07) is 1.72. The van der Waals surface area contributed by atoms with Gasteiger partial charge in [-0.25, -0.2) is 8.42 Å². The van der Waals surface area contributed by atoms with Crippen molar-refractivity contribution in [1.82, 2.24) is 4.31 Å². The molecule has 1 fully saturated rings. The molecule has 0 spiro atoms. The molecule has 0 unspecified atom stereocenters. The van der Waals surface area contributed by atoms with E-state index in [-0.39, 0.29) is 6.04 Å². The Hall–Kier alpha value is -0.140. The van der Waals surface area contributed by atoms with Gasteiger partial charge in [-0.05, 0) is 25.8 Å². The Morgan fingerprint density at radius 1 is 1.47 bits per heavy atom. The second kappa shape index (κ2) is 6.10. The monoisotopic (exact) mass is 323 g/mol. The van der Waals surface area contributed by atoms with Gasteiger partial charge in [-0.2, -0.15) is 4.31 Å². The van der Waals surface area contributed by atoms with E-state index >= 15 is 0 Å². The highest BCUT2D eigenvalue weighted by atomic mass is 35.5. The number of thiophene rings is 1. The van der Waals surface area contributed by atoms with Crippen LogP contribution in [0.1, 0.15) is 22.6 Å². The maximum absolute atomic E-state index is 12.6. The molecule has 0 saturated carbocycles. The van der Waals surface area contributed by atoms with Crippen molar-refractivity contribution < 1.29 is 13.2 Å². The maximum Gasteiger partial charge on any atom is 0.244 e. The van der Waals surface area contributed by atoms with Gasteiger partial charge in [0.2, 0.25) is 10.0 Å². The van der Waals surface area contributed by atoms with Crippen LogP contribution >= 0.6 is 22.9 Å². The van der Waals surface area contributed by atoms with E-state index in [1.54, 1.807) is 13.1 Å². The Balaban J connectivity index is 2.27.